The van der Waals surface area contributed by atoms with E-state index in [1.54, 1.807) is 0 Å². The molecule has 0 N–H and O–H groups in total. The van der Waals surface area contributed by atoms with Crippen LogP contribution in [0.4, 0.5) is 5.69 Å². The Balaban J connectivity index is 1.44. The van der Waals surface area contributed by atoms with Gasteiger partial charge < -0.3 is 14.7 Å². The molecule has 2 bridgehead atoms. The van der Waals surface area contributed by atoms with Crippen molar-refractivity contribution in [3.05, 3.63) is 66.2 Å². The summed E-state index contributed by atoms with van der Waals surface area (Å²) in [5.74, 6) is 0.584. The molecule has 5 rings (SSSR count). The van der Waals surface area contributed by atoms with E-state index in [1.807, 2.05) is 82.4 Å². The Kier molecular flexibility index (Phi) is 5.33. The Morgan fingerprint density at radius 1 is 0.929 bits per heavy atom. The molecule has 28 heavy (non-hydrogen) atoms. The second kappa shape index (κ2) is 8.05. The van der Waals surface area contributed by atoms with E-state index in [0.717, 1.165) is 37.2 Å². The summed E-state index contributed by atoms with van der Waals surface area (Å²) in [7, 11) is 1.95. The lowest BCUT2D eigenvalue weighted by Crippen LogP contribution is -2.50. The van der Waals surface area contributed by atoms with Gasteiger partial charge in [0.1, 0.15) is 0 Å². The third-order valence-electron chi connectivity index (χ3n) is 5.91. The van der Waals surface area contributed by atoms with Gasteiger partial charge >= 0.3 is 0 Å². The Hall–Kier alpha value is -2.82. The molecule has 5 nitrogen and oxygen atoms in total. The highest BCUT2D eigenvalue weighted by molar-refractivity contribution is 5.94. The van der Waals surface area contributed by atoms with Gasteiger partial charge in [0.05, 0.1) is 6.54 Å². The fraction of sp³-hybridized carbons (Fsp3) is 0.391. The van der Waals surface area contributed by atoms with Gasteiger partial charge in [0.2, 0.25) is 5.91 Å². The highest BCUT2D eigenvalue weighted by Crippen LogP contribution is 2.29. The van der Waals surface area contributed by atoms with E-state index >= 15 is 0 Å². The Morgan fingerprint density at radius 2 is 1.61 bits per heavy atom. The number of nitrogens with zero attached hydrogens (tertiary/aromatic N) is 3. The van der Waals surface area contributed by atoms with Crippen LogP contribution < -0.4 is 4.90 Å². The highest BCUT2D eigenvalue weighted by atomic mass is 16.2. The number of hydrogen-bond acceptors (Lipinski definition) is 3. The first-order valence-electron chi connectivity index (χ1n) is 10.0. The molecule has 0 radical (unpaired) electrons. The Morgan fingerprint density at radius 3 is 2.32 bits per heavy atom. The lowest BCUT2D eigenvalue weighted by molar-refractivity contribution is -0.133. The SMILES string of the molecule is CN(CC(=O)N1C[C@H]2CC[C@@H]1CN(C(=O)c1ccccc1)C2)c1ccccc1. The van der Waals surface area contributed by atoms with Crippen molar-refractivity contribution in [1.29, 1.82) is 0 Å². The van der Waals surface area contributed by atoms with Crippen LogP contribution in [0.2, 0.25) is 0 Å². The molecule has 3 aliphatic rings. The van der Waals surface area contributed by atoms with Crippen LogP contribution in [0.1, 0.15) is 23.2 Å². The van der Waals surface area contributed by atoms with Crippen molar-refractivity contribution in [2.45, 2.75) is 18.9 Å². The van der Waals surface area contributed by atoms with Crippen LogP contribution in [0, 0.1) is 5.92 Å². The van der Waals surface area contributed by atoms with E-state index in [0.29, 0.717) is 19.0 Å². The van der Waals surface area contributed by atoms with Gasteiger partial charge in [-0.05, 0) is 43.0 Å². The van der Waals surface area contributed by atoms with Crippen molar-refractivity contribution in [2.75, 3.05) is 38.1 Å². The summed E-state index contributed by atoms with van der Waals surface area (Å²) in [6, 6.07) is 19.5. The van der Waals surface area contributed by atoms with Crippen molar-refractivity contribution >= 4 is 17.5 Å². The van der Waals surface area contributed by atoms with E-state index in [-0.39, 0.29) is 17.9 Å². The number of fused-ring (bicyclic) bond motifs is 4. The number of carbonyl (C=O) groups is 2. The molecule has 2 amide bonds. The van der Waals surface area contributed by atoms with Crippen LogP contribution in [0.15, 0.2) is 60.7 Å². The summed E-state index contributed by atoms with van der Waals surface area (Å²) in [5.41, 5.74) is 1.77. The minimum Gasteiger partial charge on any atom is -0.365 e. The number of anilines is 1. The molecule has 146 valence electrons. The van der Waals surface area contributed by atoms with Gasteiger partial charge in [-0.3, -0.25) is 9.59 Å². The topological polar surface area (TPSA) is 43.9 Å². The van der Waals surface area contributed by atoms with Crippen LogP contribution in [0.25, 0.3) is 0 Å². The monoisotopic (exact) mass is 377 g/mol. The first-order valence-corrected chi connectivity index (χ1v) is 10.0. The number of hydrogen-bond donors (Lipinski definition) is 0. The molecule has 2 atom stereocenters. The number of carbonyl (C=O) groups excluding carboxylic acids is 2. The van der Waals surface area contributed by atoms with Crippen LogP contribution >= 0.6 is 0 Å². The fourth-order valence-corrected chi connectivity index (χ4v) is 4.38. The van der Waals surface area contributed by atoms with Gasteiger partial charge in [0.25, 0.3) is 5.91 Å². The Labute approximate surface area is 166 Å². The predicted molar refractivity (Wildman–Crippen MR) is 110 cm³/mol. The van der Waals surface area contributed by atoms with Gasteiger partial charge in [-0.1, -0.05) is 36.4 Å². The molecular weight excluding hydrogens is 350 g/mol. The summed E-state index contributed by atoms with van der Waals surface area (Å²) >= 11 is 0. The van der Waals surface area contributed by atoms with Gasteiger partial charge in [0.15, 0.2) is 0 Å². The molecule has 0 spiro atoms. The average Bonchev–Trinajstić information content (AvgIpc) is 3.06. The van der Waals surface area contributed by atoms with Crippen molar-refractivity contribution in [3.8, 4) is 0 Å². The smallest absolute Gasteiger partial charge is 0.253 e. The quantitative estimate of drug-likeness (QED) is 0.823. The number of benzene rings is 2. The van der Waals surface area contributed by atoms with Gasteiger partial charge in [-0.15, -0.1) is 0 Å². The number of piperidine rings is 1. The minimum absolute atomic E-state index is 0.0770. The zero-order valence-electron chi connectivity index (χ0n) is 16.3. The van der Waals surface area contributed by atoms with Crippen molar-refractivity contribution < 1.29 is 9.59 Å². The molecule has 0 saturated carbocycles. The lowest BCUT2D eigenvalue weighted by atomic mass is 9.95. The maximum atomic E-state index is 13.1. The zero-order chi connectivity index (χ0) is 19.5. The number of rotatable bonds is 4. The summed E-state index contributed by atoms with van der Waals surface area (Å²) in [6.07, 6.45) is 2.06. The molecule has 0 unspecified atom stereocenters. The zero-order valence-corrected chi connectivity index (χ0v) is 16.3. The van der Waals surface area contributed by atoms with Gasteiger partial charge in [-0.25, -0.2) is 0 Å². The van der Waals surface area contributed by atoms with E-state index in [9.17, 15) is 9.59 Å². The standard InChI is InChI=1S/C23H27N3O2/c1-24(20-10-6-3-7-11-20)17-22(27)26-15-18-12-13-21(26)16-25(14-18)23(28)19-8-4-2-5-9-19/h2-11,18,21H,12-17H2,1H3/t18-,21+/m0/s1. The first-order chi connectivity index (χ1) is 13.6. The van der Waals surface area contributed by atoms with Crippen molar-refractivity contribution in [2.24, 2.45) is 5.92 Å². The third-order valence-corrected chi connectivity index (χ3v) is 5.91. The van der Waals surface area contributed by atoms with E-state index in [1.165, 1.54) is 0 Å². The number of amides is 2. The summed E-state index contributed by atoms with van der Waals surface area (Å²) in [5, 5.41) is 0. The number of para-hydroxylation sites is 1. The van der Waals surface area contributed by atoms with Crippen LogP contribution in [0.3, 0.4) is 0 Å². The molecule has 2 aromatic rings. The van der Waals surface area contributed by atoms with Gasteiger partial charge in [0, 0.05) is 44.0 Å². The second-order valence-corrected chi connectivity index (χ2v) is 7.91. The van der Waals surface area contributed by atoms with E-state index in [2.05, 4.69) is 0 Å². The predicted octanol–water partition coefficient (Wildman–Crippen LogP) is 2.89. The Bertz CT molecular complexity index is 824. The molecule has 0 aliphatic carbocycles. The molecule has 3 aliphatic heterocycles. The summed E-state index contributed by atoms with van der Waals surface area (Å²) in [4.78, 5) is 31.9. The lowest BCUT2D eigenvalue weighted by Gasteiger charge is -2.37. The largest absolute Gasteiger partial charge is 0.365 e. The van der Waals surface area contributed by atoms with E-state index < -0.39 is 0 Å². The van der Waals surface area contributed by atoms with Gasteiger partial charge in [-0.2, -0.15) is 0 Å². The molecule has 0 aromatic heterocycles. The maximum Gasteiger partial charge on any atom is 0.253 e. The molecule has 3 saturated heterocycles. The third kappa shape index (κ3) is 3.88. The first kappa shape index (κ1) is 18.5. The molecule has 3 fully saturated rings. The molecule has 3 heterocycles. The van der Waals surface area contributed by atoms with Crippen LogP contribution in [-0.2, 0) is 4.79 Å². The summed E-state index contributed by atoms with van der Waals surface area (Å²) < 4.78 is 0. The maximum absolute atomic E-state index is 13.1. The van der Waals surface area contributed by atoms with Crippen molar-refractivity contribution in [3.63, 3.8) is 0 Å². The van der Waals surface area contributed by atoms with Crippen LogP contribution in [0.5, 0.6) is 0 Å². The second-order valence-electron chi connectivity index (χ2n) is 7.91. The normalized spacial score (nSPS) is 21.3. The van der Waals surface area contributed by atoms with Crippen LogP contribution in [-0.4, -0.2) is 60.9 Å². The van der Waals surface area contributed by atoms with Crippen molar-refractivity contribution in [1.82, 2.24) is 9.80 Å². The molecule has 2 aromatic carbocycles. The fourth-order valence-electron chi connectivity index (χ4n) is 4.38. The highest BCUT2D eigenvalue weighted by Gasteiger charge is 2.38. The average molecular weight is 377 g/mol. The van der Waals surface area contributed by atoms with E-state index in [4.69, 9.17) is 0 Å². The molecular formula is C23H27N3O2. The molecule has 5 heteroatoms. The summed E-state index contributed by atoms with van der Waals surface area (Å²) in [6.45, 7) is 2.48. The number of likely N-dealkylation sites (N-methyl/N-ethyl adjacent to an activating group) is 1. The minimum atomic E-state index is 0.0770.